The number of rotatable bonds is 4. The second kappa shape index (κ2) is 5.17. The van der Waals surface area contributed by atoms with E-state index in [4.69, 9.17) is 14.6 Å². The van der Waals surface area contributed by atoms with Gasteiger partial charge >= 0.3 is 0 Å². The Kier molecular flexibility index (Phi) is 3.82. The summed E-state index contributed by atoms with van der Waals surface area (Å²) in [4.78, 5) is 0. The van der Waals surface area contributed by atoms with Gasteiger partial charge in [-0.25, -0.2) is 0 Å². The van der Waals surface area contributed by atoms with Gasteiger partial charge in [-0.1, -0.05) is 24.3 Å². The fourth-order valence-electron chi connectivity index (χ4n) is 2.08. The fraction of sp³-hybridized carbons (Fsp3) is 0.571. The van der Waals surface area contributed by atoms with Crippen molar-refractivity contribution in [2.45, 2.75) is 38.6 Å². The minimum absolute atomic E-state index is 0.0269. The van der Waals surface area contributed by atoms with Gasteiger partial charge in [0.25, 0.3) is 0 Å². The highest BCUT2D eigenvalue weighted by atomic mass is 16.7. The van der Waals surface area contributed by atoms with E-state index >= 15 is 0 Å². The average molecular weight is 236 g/mol. The van der Waals surface area contributed by atoms with Crippen LogP contribution in [-0.2, 0) is 15.9 Å². The van der Waals surface area contributed by atoms with Crippen LogP contribution >= 0.6 is 0 Å². The van der Waals surface area contributed by atoms with Crippen molar-refractivity contribution in [1.82, 2.24) is 0 Å². The SMILES string of the molecule is CC1(C)OCC(c2cccc(CCCO)c2)O1. The molecule has 0 spiro atoms. The van der Waals surface area contributed by atoms with E-state index < -0.39 is 5.79 Å². The number of hydrogen-bond acceptors (Lipinski definition) is 3. The van der Waals surface area contributed by atoms with Gasteiger partial charge in [0.2, 0.25) is 0 Å². The largest absolute Gasteiger partial charge is 0.396 e. The lowest BCUT2D eigenvalue weighted by molar-refractivity contribution is -0.139. The van der Waals surface area contributed by atoms with Gasteiger partial charge in [-0.3, -0.25) is 0 Å². The average Bonchev–Trinajstić information content (AvgIpc) is 2.67. The maximum absolute atomic E-state index is 8.83. The van der Waals surface area contributed by atoms with E-state index in [2.05, 4.69) is 18.2 Å². The second-order valence-electron chi connectivity index (χ2n) is 4.89. The number of hydrogen-bond donors (Lipinski definition) is 1. The topological polar surface area (TPSA) is 38.7 Å². The first-order valence-corrected chi connectivity index (χ1v) is 6.12. The highest BCUT2D eigenvalue weighted by Gasteiger charge is 2.33. The van der Waals surface area contributed by atoms with Gasteiger partial charge in [-0.2, -0.15) is 0 Å². The first-order chi connectivity index (χ1) is 8.11. The summed E-state index contributed by atoms with van der Waals surface area (Å²) >= 11 is 0. The van der Waals surface area contributed by atoms with Gasteiger partial charge in [0.05, 0.1) is 6.61 Å². The van der Waals surface area contributed by atoms with Crippen LogP contribution in [0.3, 0.4) is 0 Å². The molecule has 1 fully saturated rings. The van der Waals surface area contributed by atoms with Crippen LogP contribution in [0.25, 0.3) is 0 Å². The predicted molar refractivity (Wildman–Crippen MR) is 65.7 cm³/mol. The summed E-state index contributed by atoms with van der Waals surface area (Å²) in [6, 6.07) is 8.33. The Morgan fingerprint density at radius 3 is 2.88 bits per heavy atom. The maximum Gasteiger partial charge on any atom is 0.163 e. The summed E-state index contributed by atoms with van der Waals surface area (Å²) in [5.74, 6) is -0.480. The van der Waals surface area contributed by atoms with E-state index in [0.29, 0.717) is 6.61 Å². The van der Waals surface area contributed by atoms with E-state index in [-0.39, 0.29) is 12.7 Å². The molecule has 1 unspecified atom stereocenters. The standard InChI is InChI=1S/C14H20O3/c1-14(2)16-10-13(17-14)12-7-3-5-11(9-12)6-4-8-15/h3,5,7,9,13,15H,4,6,8,10H2,1-2H3. The van der Waals surface area contributed by atoms with Crippen molar-refractivity contribution in [3.05, 3.63) is 35.4 Å². The number of ether oxygens (including phenoxy) is 2. The number of aliphatic hydroxyl groups excluding tert-OH is 1. The Labute approximate surface area is 102 Å². The molecule has 0 radical (unpaired) electrons. The zero-order valence-electron chi connectivity index (χ0n) is 10.5. The summed E-state index contributed by atoms with van der Waals surface area (Å²) in [5.41, 5.74) is 2.40. The minimum Gasteiger partial charge on any atom is -0.396 e. The smallest absolute Gasteiger partial charge is 0.163 e. The zero-order chi connectivity index (χ0) is 12.3. The van der Waals surface area contributed by atoms with Crippen molar-refractivity contribution >= 4 is 0 Å². The molecule has 1 aromatic carbocycles. The summed E-state index contributed by atoms with van der Waals surface area (Å²) in [6.45, 7) is 4.71. The number of aliphatic hydroxyl groups is 1. The molecule has 1 heterocycles. The number of benzene rings is 1. The van der Waals surface area contributed by atoms with Gasteiger partial charge in [0.15, 0.2) is 5.79 Å². The molecular formula is C14H20O3. The van der Waals surface area contributed by atoms with Crippen LogP contribution in [0, 0.1) is 0 Å². The molecule has 0 aliphatic carbocycles. The van der Waals surface area contributed by atoms with Crippen LogP contribution in [0.5, 0.6) is 0 Å². The lowest BCUT2D eigenvalue weighted by Crippen LogP contribution is -2.19. The molecule has 1 atom stereocenters. The second-order valence-corrected chi connectivity index (χ2v) is 4.89. The van der Waals surface area contributed by atoms with Crippen molar-refractivity contribution in [1.29, 1.82) is 0 Å². The number of aryl methyl sites for hydroxylation is 1. The fourth-order valence-corrected chi connectivity index (χ4v) is 2.08. The third kappa shape index (κ3) is 3.28. The molecule has 94 valence electrons. The molecule has 0 aromatic heterocycles. The highest BCUT2D eigenvalue weighted by Crippen LogP contribution is 2.32. The Balaban J connectivity index is 2.06. The van der Waals surface area contributed by atoms with Crippen molar-refractivity contribution in [3.63, 3.8) is 0 Å². The Hall–Kier alpha value is -0.900. The van der Waals surface area contributed by atoms with Crippen LogP contribution in [0.15, 0.2) is 24.3 Å². The van der Waals surface area contributed by atoms with Crippen LogP contribution in [0.1, 0.15) is 37.5 Å². The molecule has 1 aromatic rings. The van der Waals surface area contributed by atoms with Crippen molar-refractivity contribution in [2.75, 3.05) is 13.2 Å². The van der Waals surface area contributed by atoms with Gasteiger partial charge < -0.3 is 14.6 Å². The quantitative estimate of drug-likeness (QED) is 0.872. The molecule has 1 N–H and O–H groups in total. The molecule has 0 bridgehead atoms. The van der Waals surface area contributed by atoms with Crippen LogP contribution in [-0.4, -0.2) is 24.1 Å². The molecular weight excluding hydrogens is 216 g/mol. The highest BCUT2D eigenvalue weighted by molar-refractivity contribution is 5.26. The molecule has 0 amide bonds. The van der Waals surface area contributed by atoms with Gasteiger partial charge in [-0.05, 0) is 37.8 Å². The van der Waals surface area contributed by atoms with E-state index in [9.17, 15) is 0 Å². The van der Waals surface area contributed by atoms with Crippen molar-refractivity contribution in [3.8, 4) is 0 Å². The lowest BCUT2D eigenvalue weighted by Gasteiger charge is -2.17. The third-order valence-electron chi connectivity index (χ3n) is 2.95. The monoisotopic (exact) mass is 236 g/mol. The van der Waals surface area contributed by atoms with Gasteiger partial charge in [0, 0.05) is 6.61 Å². The molecule has 1 aliphatic heterocycles. The van der Waals surface area contributed by atoms with Crippen molar-refractivity contribution < 1.29 is 14.6 Å². The van der Waals surface area contributed by atoms with E-state index in [1.165, 1.54) is 5.56 Å². The zero-order valence-corrected chi connectivity index (χ0v) is 10.5. The molecule has 0 saturated carbocycles. The first-order valence-electron chi connectivity index (χ1n) is 6.12. The van der Waals surface area contributed by atoms with E-state index in [0.717, 1.165) is 18.4 Å². The Morgan fingerprint density at radius 2 is 2.24 bits per heavy atom. The molecule has 3 heteroatoms. The predicted octanol–water partition coefficient (Wildman–Crippen LogP) is 2.44. The first kappa shape index (κ1) is 12.6. The maximum atomic E-state index is 8.83. The summed E-state index contributed by atoms with van der Waals surface area (Å²) < 4.78 is 11.4. The van der Waals surface area contributed by atoms with Crippen molar-refractivity contribution in [2.24, 2.45) is 0 Å². The molecule has 2 rings (SSSR count). The van der Waals surface area contributed by atoms with E-state index in [1.54, 1.807) is 0 Å². The van der Waals surface area contributed by atoms with Gasteiger partial charge in [0.1, 0.15) is 6.10 Å². The normalized spacial score (nSPS) is 22.9. The third-order valence-corrected chi connectivity index (χ3v) is 2.95. The van der Waals surface area contributed by atoms with Crippen LogP contribution in [0.2, 0.25) is 0 Å². The summed E-state index contributed by atoms with van der Waals surface area (Å²) in [7, 11) is 0. The van der Waals surface area contributed by atoms with Crippen LogP contribution < -0.4 is 0 Å². The Bertz CT molecular complexity index is 373. The minimum atomic E-state index is -0.480. The molecule has 1 saturated heterocycles. The lowest BCUT2D eigenvalue weighted by atomic mass is 10.0. The molecule has 17 heavy (non-hydrogen) atoms. The molecule has 1 aliphatic rings. The van der Waals surface area contributed by atoms with E-state index in [1.807, 2.05) is 19.9 Å². The molecule has 3 nitrogen and oxygen atoms in total. The summed E-state index contributed by atoms with van der Waals surface area (Å²) in [6.07, 6.45) is 1.73. The summed E-state index contributed by atoms with van der Waals surface area (Å²) in [5, 5.41) is 8.83. The Morgan fingerprint density at radius 1 is 1.41 bits per heavy atom. The van der Waals surface area contributed by atoms with Crippen LogP contribution in [0.4, 0.5) is 0 Å². The van der Waals surface area contributed by atoms with Gasteiger partial charge in [-0.15, -0.1) is 0 Å².